The third-order valence-electron chi connectivity index (χ3n) is 4.65. The standard InChI is InChI=1S/C24H15ClFNO4S/c25-18-11-9-15(10-12-18)23(29)31-20-8-4-2-5-16(20)13-21-22(28)27(24(30)32-21)14-17-6-1-3-7-19(17)26/h1-13H,14H2/b21-13-. The van der Waals surface area contributed by atoms with Crippen LogP contribution in [0.15, 0.2) is 77.7 Å². The van der Waals surface area contributed by atoms with Crippen molar-refractivity contribution in [1.29, 1.82) is 0 Å². The first-order valence-corrected chi connectivity index (χ1v) is 10.7. The predicted molar refractivity (Wildman–Crippen MR) is 121 cm³/mol. The highest BCUT2D eigenvalue weighted by Crippen LogP contribution is 2.35. The first-order chi connectivity index (χ1) is 15.4. The molecule has 1 saturated heterocycles. The molecule has 0 aliphatic carbocycles. The van der Waals surface area contributed by atoms with Crippen LogP contribution in [-0.2, 0) is 11.3 Å². The molecule has 8 heteroatoms. The first kappa shape index (κ1) is 21.8. The molecule has 0 saturated carbocycles. The van der Waals surface area contributed by atoms with Crippen molar-refractivity contribution >= 4 is 46.6 Å². The number of nitrogens with zero attached hydrogens (tertiary/aromatic N) is 1. The maximum atomic E-state index is 14.0. The second-order valence-electron chi connectivity index (χ2n) is 6.79. The SMILES string of the molecule is O=C(Oc1ccccc1/C=C1\SC(=O)N(Cc2ccccc2F)C1=O)c1ccc(Cl)cc1. The summed E-state index contributed by atoms with van der Waals surface area (Å²) in [6.45, 7) is -0.165. The lowest BCUT2D eigenvalue weighted by Crippen LogP contribution is -2.27. The first-order valence-electron chi connectivity index (χ1n) is 9.48. The van der Waals surface area contributed by atoms with Crippen LogP contribution in [0, 0.1) is 5.82 Å². The molecule has 1 aliphatic rings. The second kappa shape index (κ2) is 9.38. The number of hydrogen-bond acceptors (Lipinski definition) is 5. The lowest BCUT2D eigenvalue weighted by Gasteiger charge is -2.13. The van der Waals surface area contributed by atoms with Crippen LogP contribution >= 0.6 is 23.4 Å². The smallest absolute Gasteiger partial charge is 0.343 e. The van der Waals surface area contributed by atoms with Crippen LogP contribution in [0.3, 0.4) is 0 Å². The lowest BCUT2D eigenvalue weighted by atomic mass is 10.1. The van der Waals surface area contributed by atoms with Gasteiger partial charge in [0.05, 0.1) is 17.0 Å². The zero-order valence-electron chi connectivity index (χ0n) is 16.5. The fourth-order valence-electron chi connectivity index (χ4n) is 3.01. The number of benzene rings is 3. The summed E-state index contributed by atoms with van der Waals surface area (Å²) in [5.41, 5.74) is 1.01. The molecule has 3 aromatic carbocycles. The number of imide groups is 1. The van der Waals surface area contributed by atoms with Crippen molar-refractivity contribution in [2.75, 3.05) is 0 Å². The Morgan fingerprint density at radius 1 is 1.00 bits per heavy atom. The van der Waals surface area contributed by atoms with Crippen molar-refractivity contribution in [1.82, 2.24) is 4.90 Å². The van der Waals surface area contributed by atoms with E-state index in [-0.39, 0.29) is 22.8 Å². The van der Waals surface area contributed by atoms with Crippen LogP contribution in [-0.4, -0.2) is 22.0 Å². The third kappa shape index (κ3) is 4.74. The van der Waals surface area contributed by atoms with Crippen LogP contribution in [0.2, 0.25) is 5.02 Å². The highest BCUT2D eigenvalue weighted by molar-refractivity contribution is 8.18. The Kier molecular flexibility index (Phi) is 6.39. The van der Waals surface area contributed by atoms with E-state index in [2.05, 4.69) is 0 Å². The summed E-state index contributed by atoms with van der Waals surface area (Å²) in [5, 5.41) is -0.00629. The van der Waals surface area contributed by atoms with Crippen LogP contribution in [0.5, 0.6) is 5.75 Å². The highest BCUT2D eigenvalue weighted by Gasteiger charge is 2.35. The quantitative estimate of drug-likeness (QED) is 0.264. The topological polar surface area (TPSA) is 63.7 Å². The van der Waals surface area contributed by atoms with Crippen molar-refractivity contribution < 1.29 is 23.5 Å². The van der Waals surface area contributed by atoms with Crippen molar-refractivity contribution in [3.63, 3.8) is 0 Å². The minimum absolute atomic E-state index is 0.154. The van der Waals surface area contributed by atoms with Gasteiger partial charge in [-0.2, -0.15) is 0 Å². The van der Waals surface area contributed by atoms with Gasteiger partial charge in [0.25, 0.3) is 11.1 Å². The second-order valence-corrected chi connectivity index (χ2v) is 8.22. The van der Waals surface area contributed by atoms with E-state index in [4.69, 9.17) is 16.3 Å². The summed E-state index contributed by atoms with van der Waals surface area (Å²) in [7, 11) is 0. The summed E-state index contributed by atoms with van der Waals surface area (Å²) in [6, 6.07) is 18.9. The fourth-order valence-corrected chi connectivity index (χ4v) is 3.97. The zero-order valence-corrected chi connectivity index (χ0v) is 18.0. The van der Waals surface area contributed by atoms with Gasteiger partial charge < -0.3 is 4.74 Å². The van der Waals surface area contributed by atoms with E-state index in [1.165, 1.54) is 24.3 Å². The number of ether oxygens (including phenoxy) is 1. The Morgan fingerprint density at radius 3 is 2.44 bits per heavy atom. The summed E-state index contributed by atoms with van der Waals surface area (Å²) < 4.78 is 19.4. The number of hydrogen-bond donors (Lipinski definition) is 0. The van der Waals surface area contributed by atoms with E-state index in [1.54, 1.807) is 54.6 Å². The molecular formula is C24H15ClFNO4S. The third-order valence-corrected chi connectivity index (χ3v) is 5.81. The van der Waals surface area contributed by atoms with Gasteiger partial charge in [-0.25, -0.2) is 9.18 Å². The molecule has 0 radical (unpaired) electrons. The lowest BCUT2D eigenvalue weighted by molar-refractivity contribution is -0.123. The van der Waals surface area contributed by atoms with Gasteiger partial charge in [-0.15, -0.1) is 0 Å². The number of thioether (sulfide) groups is 1. The number of carbonyl (C=O) groups excluding carboxylic acids is 3. The molecule has 1 fully saturated rings. The molecule has 0 N–H and O–H groups in total. The fraction of sp³-hybridized carbons (Fsp3) is 0.0417. The van der Waals surface area contributed by atoms with Gasteiger partial charge in [0, 0.05) is 16.1 Å². The van der Waals surface area contributed by atoms with E-state index < -0.39 is 22.9 Å². The van der Waals surface area contributed by atoms with Crippen LogP contribution < -0.4 is 4.74 Å². The summed E-state index contributed by atoms with van der Waals surface area (Å²) in [6.07, 6.45) is 1.48. The molecule has 0 unspecified atom stereocenters. The molecule has 32 heavy (non-hydrogen) atoms. The number of halogens is 2. The van der Waals surface area contributed by atoms with Gasteiger partial charge in [0.1, 0.15) is 11.6 Å². The van der Waals surface area contributed by atoms with Crippen LogP contribution in [0.4, 0.5) is 9.18 Å². The average molecular weight is 468 g/mol. The van der Waals surface area contributed by atoms with Crippen molar-refractivity contribution in [2.24, 2.45) is 0 Å². The summed E-state index contributed by atoms with van der Waals surface area (Å²) in [4.78, 5) is 38.8. The minimum atomic E-state index is -0.588. The largest absolute Gasteiger partial charge is 0.422 e. The molecule has 5 nitrogen and oxygen atoms in total. The summed E-state index contributed by atoms with van der Waals surface area (Å²) >= 11 is 6.60. The van der Waals surface area contributed by atoms with Crippen molar-refractivity contribution in [2.45, 2.75) is 6.54 Å². The van der Waals surface area contributed by atoms with Gasteiger partial charge in [-0.1, -0.05) is 48.0 Å². The van der Waals surface area contributed by atoms with Gasteiger partial charge in [-0.05, 0) is 54.2 Å². The van der Waals surface area contributed by atoms with Gasteiger partial charge in [-0.3, -0.25) is 14.5 Å². The summed E-state index contributed by atoms with van der Waals surface area (Å²) in [5.74, 6) is -1.39. The van der Waals surface area contributed by atoms with Crippen LogP contribution in [0.25, 0.3) is 6.08 Å². The van der Waals surface area contributed by atoms with E-state index in [9.17, 15) is 18.8 Å². The molecule has 1 aliphatic heterocycles. The molecule has 0 bridgehead atoms. The van der Waals surface area contributed by atoms with E-state index in [1.807, 2.05) is 0 Å². The average Bonchev–Trinajstić information content (AvgIpc) is 3.04. The Labute approximate surface area is 192 Å². The number of para-hydroxylation sites is 1. The molecule has 1 heterocycles. The molecule has 160 valence electrons. The van der Waals surface area contributed by atoms with Crippen molar-refractivity contribution in [3.05, 3.63) is 105 Å². The van der Waals surface area contributed by atoms with E-state index in [0.29, 0.717) is 16.1 Å². The zero-order chi connectivity index (χ0) is 22.7. The molecule has 3 aromatic rings. The number of esters is 1. The van der Waals surface area contributed by atoms with Gasteiger partial charge >= 0.3 is 5.97 Å². The minimum Gasteiger partial charge on any atom is -0.422 e. The van der Waals surface area contributed by atoms with Gasteiger partial charge in [0.2, 0.25) is 0 Å². The number of amides is 2. The van der Waals surface area contributed by atoms with E-state index in [0.717, 1.165) is 16.7 Å². The number of rotatable bonds is 5. The Balaban J connectivity index is 1.56. The van der Waals surface area contributed by atoms with Crippen molar-refractivity contribution in [3.8, 4) is 5.75 Å². The Hall–Kier alpha value is -3.42. The molecule has 4 rings (SSSR count). The maximum absolute atomic E-state index is 14.0. The molecule has 2 amide bonds. The maximum Gasteiger partial charge on any atom is 0.343 e. The molecule has 0 atom stereocenters. The predicted octanol–water partition coefficient (Wildman–Crippen LogP) is 5.93. The molecule has 0 spiro atoms. The molecule has 0 aromatic heterocycles. The molecular weight excluding hydrogens is 453 g/mol. The number of carbonyl (C=O) groups is 3. The normalized spacial score (nSPS) is 14.8. The van der Waals surface area contributed by atoms with Gasteiger partial charge in [0.15, 0.2) is 0 Å². The van der Waals surface area contributed by atoms with E-state index >= 15 is 0 Å². The van der Waals surface area contributed by atoms with Crippen LogP contribution in [0.1, 0.15) is 21.5 Å². The Bertz CT molecular complexity index is 1240. The highest BCUT2D eigenvalue weighted by atomic mass is 35.5. The monoisotopic (exact) mass is 467 g/mol. The Morgan fingerprint density at radius 2 is 1.69 bits per heavy atom.